The van der Waals surface area contributed by atoms with Gasteiger partial charge in [0.15, 0.2) is 0 Å². The molecular formula is C17H25NO5. The largest absolute Gasteiger partial charge is 0.480 e. The summed E-state index contributed by atoms with van der Waals surface area (Å²) in [4.78, 5) is 23.2. The number of carboxylic acid groups (broad SMARTS) is 1. The fraction of sp³-hybridized carbons (Fsp3) is 0.529. The number of rotatable bonds is 9. The van der Waals surface area contributed by atoms with Gasteiger partial charge in [-0.1, -0.05) is 44.2 Å². The van der Waals surface area contributed by atoms with Crippen molar-refractivity contribution in [1.29, 1.82) is 0 Å². The minimum absolute atomic E-state index is 0.0375. The predicted octanol–water partition coefficient (Wildman–Crippen LogP) is 2.67. The molecule has 1 rings (SSSR count). The second kappa shape index (κ2) is 9.84. The zero-order valence-electron chi connectivity index (χ0n) is 13.8. The van der Waals surface area contributed by atoms with Crippen molar-refractivity contribution in [3.8, 4) is 0 Å². The van der Waals surface area contributed by atoms with E-state index in [1.54, 1.807) is 7.11 Å². The molecule has 1 aromatic rings. The molecule has 0 fully saturated rings. The summed E-state index contributed by atoms with van der Waals surface area (Å²) in [5.41, 5.74) is 0.842. The third-order valence-corrected chi connectivity index (χ3v) is 3.66. The molecule has 0 aliphatic carbocycles. The van der Waals surface area contributed by atoms with Crippen LogP contribution in [0.2, 0.25) is 0 Å². The topological polar surface area (TPSA) is 84.9 Å². The zero-order valence-corrected chi connectivity index (χ0v) is 13.8. The van der Waals surface area contributed by atoms with E-state index in [1.165, 1.54) is 0 Å². The summed E-state index contributed by atoms with van der Waals surface area (Å²) in [6.07, 6.45) is -0.442. The first kappa shape index (κ1) is 19.0. The number of carboxylic acids is 1. The zero-order chi connectivity index (χ0) is 17.2. The van der Waals surface area contributed by atoms with Crippen LogP contribution in [-0.4, -0.2) is 36.9 Å². The summed E-state index contributed by atoms with van der Waals surface area (Å²) >= 11 is 0. The van der Waals surface area contributed by atoms with E-state index in [0.717, 1.165) is 5.56 Å². The van der Waals surface area contributed by atoms with Crippen molar-refractivity contribution >= 4 is 12.1 Å². The molecule has 6 nitrogen and oxygen atoms in total. The Morgan fingerprint density at radius 2 is 1.87 bits per heavy atom. The number of benzene rings is 1. The van der Waals surface area contributed by atoms with Gasteiger partial charge in [0.2, 0.25) is 0 Å². The van der Waals surface area contributed by atoms with E-state index in [9.17, 15) is 14.7 Å². The molecule has 0 bridgehead atoms. The van der Waals surface area contributed by atoms with E-state index >= 15 is 0 Å². The van der Waals surface area contributed by atoms with Crippen LogP contribution in [0, 0.1) is 11.8 Å². The molecule has 0 aromatic heterocycles. The van der Waals surface area contributed by atoms with E-state index < -0.39 is 18.1 Å². The Morgan fingerprint density at radius 3 is 2.39 bits per heavy atom. The first-order valence-electron chi connectivity index (χ1n) is 7.63. The van der Waals surface area contributed by atoms with E-state index in [-0.39, 0.29) is 18.4 Å². The van der Waals surface area contributed by atoms with Crippen molar-refractivity contribution in [3.05, 3.63) is 35.9 Å². The average Bonchev–Trinajstić information content (AvgIpc) is 2.52. The maximum absolute atomic E-state index is 11.8. The van der Waals surface area contributed by atoms with Gasteiger partial charge in [-0.05, 0) is 23.8 Å². The normalized spacial score (nSPS) is 13.4. The Morgan fingerprint density at radius 1 is 1.22 bits per heavy atom. The summed E-state index contributed by atoms with van der Waals surface area (Å²) in [5, 5.41) is 11.7. The van der Waals surface area contributed by atoms with Crippen molar-refractivity contribution < 1.29 is 24.2 Å². The molecule has 0 radical (unpaired) electrons. The minimum atomic E-state index is -1.08. The van der Waals surface area contributed by atoms with Gasteiger partial charge in [0.25, 0.3) is 0 Å². The minimum Gasteiger partial charge on any atom is -0.480 e. The smallest absolute Gasteiger partial charge is 0.408 e. The fourth-order valence-corrected chi connectivity index (χ4v) is 2.18. The molecule has 128 valence electrons. The Kier molecular flexibility index (Phi) is 8.11. The molecule has 0 saturated heterocycles. The first-order valence-corrected chi connectivity index (χ1v) is 7.63. The van der Waals surface area contributed by atoms with Crippen LogP contribution in [0.25, 0.3) is 0 Å². The third kappa shape index (κ3) is 7.15. The van der Waals surface area contributed by atoms with Gasteiger partial charge < -0.3 is 19.9 Å². The number of aliphatic carboxylic acids is 1. The molecule has 0 saturated carbocycles. The van der Waals surface area contributed by atoms with Crippen molar-refractivity contribution in [1.82, 2.24) is 5.32 Å². The SMILES string of the molecule is COCC(CC(NC(=O)OCc1ccccc1)C(=O)O)C(C)C. The Hall–Kier alpha value is -2.08. The van der Waals surface area contributed by atoms with Gasteiger partial charge in [-0.15, -0.1) is 0 Å². The second-order valence-corrected chi connectivity index (χ2v) is 5.79. The molecule has 0 aliphatic rings. The Balaban J connectivity index is 2.54. The van der Waals surface area contributed by atoms with E-state index in [0.29, 0.717) is 13.0 Å². The van der Waals surface area contributed by atoms with Crippen LogP contribution in [0.1, 0.15) is 25.8 Å². The number of alkyl carbamates (subject to hydrolysis) is 1. The maximum Gasteiger partial charge on any atom is 0.408 e. The monoisotopic (exact) mass is 323 g/mol. The van der Waals surface area contributed by atoms with Gasteiger partial charge in [0.05, 0.1) is 0 Å². The first-order chi connectivity index (χ1) is 10.9. The Bertz CT molecular complexity index is 489. The van der Waals surface area contributed by atoms with Crippen LogP contribution in [0.4, 0.5) is 4.79 Å². The van der Waals surface area contributed by atoms with E-state index in [4.69, 9.17) is 9.47 Å². The number of hydrogen-bond acceptors (Lipinski definition) is 4. The molecule has 2 N–H and O–H groups in total. The summed E-state index contributed by atoms with van der Waals surface area (Å²) < 4.78 is 10.2. The van der Waals surface area contributed by atoms with Crippen molar-refractivity contribution in [2.75, 3.05) is 13.7 Å². The lowest BCUT2D eigenvalue weighted by Gasteiger charge is -2.24. The quantitative estimate of drug-likeness (QED) is 0.730. The lowest BCUT2D eigenvalue weighted by atomic mass is 9.90. The standard InChI is InChI=1S/C17H25NO5/c1-12(2)14(11-22-3)9-15(16(19)20)18-17(21)23-10-13-7-5-4-6-8-13/h4-8,12,14-15H,9-11H2,1-3H3,(H,18,21)(H,19,20). The summed E-state index contributed by atoms with van der Waals surface area (Å²) in [6, 6.07) is 8.21. The van der Waals surface area contributed by atoms with E-state index in [1.807, 2.05) is 44.2 Å². The highest BCUT2D eigenvalue weighted by Crippen LogP contribution is 2.18. The van der Waals surface area contributed by atoms with Gasteiger partial charge in [-0.2, -0.15) is 0 Å². The number of nitrogens with one attached hydrogen (secondary N) is 1. The molecule has 2 atom stereocenters. The lowest BCUT2D eigenvalue weighted by molar-refractivity contribution is -0.140. The lowest BCUT2D eigenvalue weighted by Crippen LogP contribution is -2.43. The number of carbonyl (C=O) groups is 2. The van der Waals surface area contributed by atoms with Crippen molar-refractivity contribution in [3.63, 3.8) is 0 Å². The van der Waals surface area contributed by atoms with Crippen molar-refractivity contribution in [2.45, 2.75) is 32.9 Å². The molecule has 0 spiro atoms. The number of ether oxygens (including phenoxy) is 2. The second-order valence-electron chi connectivity index (χ2n) is 5.79. The highest BCUT2D eigenvalue weighted by molar-refractivity contribution is 5.79. The van der Waals surface area contributed by atoms with Gasteiger partial charge in [0.1, 0.15) is 12.6 Å². The van der Waals surface area contributed by atoms with Crippen LogP contribution in [0.5, 0.6) is 0 Å². The van der Waals surface area contributed by atoms with Crippen LogP contribution in [0.3, 0.4) is 0 Å². The summed E-state index contributed by atoms with van der Waals surface area (Å²) in [7, 11) is 1.58. The highest BCUT2D eigenvalue weighted by atomic mass is 16.5. The van der Waals surface area contributed by atoms with Crippen LogP contribution >= 0.6 is 0 Å². The molecule has 1 aromatic carbocycles. The predicted molar refractivity (Wildman–Crippen MR) is 86.0 cm³/mol. The number of carbonyl (C=O) groups excluding carboxylic acids is 1. The fourth-order valence-electron chi connectivity index (χ4n) is 2.18. The van der Waals surface area contributed by atoms with Crippen LogP contribution < -0.4 is 5.32 Å². The summed E-state index contributed by atoms with van der Waals surface area (Å²) in [6.45, 7) is 4.54. The molecule has 2 unspecified atom stereocenters. The summed E-state index contributed by atoms with van der Waals surface area (Å²) in [5.74, 6) is -0.794. The molecule has 0 heterocycles. The maximum atomic E-state index is 11.8. The molecule has 1 amide bonds. The van der Waals surface area contributed by atoms with E-state index in [2.05, 4.69) is 5.32 Å². The molecule has 6 heteroatoms. The van der Waals surface area contributed by atoms with Gasteiger partial charge in [-0.25, -0.2) is 9.59 Å². The van der Waals surface area contributed by atoms with Gasteiger partial charge in [0, 0.05) is 13.7 Å². The van der Waals surface area contributed by atoms with Crippen LogP contribution in [0.15, 0.2) is 30.3 Å². The number of amides is 1. The Labute approximate surface area is 136 Å². The molecule has 23 heavy (non-hydrogen) atoms. The molecular weight excluding hydrogens is 298 g/mol. The third-order valence-electron chi connectivity index (χ3n) is 3.66. The van der Waals surface area contributed by atoms with Crippen LogP contribution in [-0.2, 0) is 20.9 Å². The molecule has 0 aliphatic heterocycles. The van der Waals surface area contributed by atoms with Gasteiger partial charge >= 0.3 is 12.1 Å². The van der Waals surface area contributed by atoms with Gasteiger partial charge in [-0.3, -0.25) is 0 Å². The number of methoxy groups -OCH3 is 1. The van der Waals surface area contributed by atoms with Crippen molar-refractivity contribution in [2.24, 2.45) is 11.8 Å². The average molecular weight is 323 g/mol. The highest BCUT2D eigenvalue weighted by Gasteiger charge is 2.26. The number of hydrogen-bond donors (Lipinski definition) is 2.